The summed E-state index contributed by atoms with van der Waals surface area (Å²) in [6, 6.07) is 11.6. The molecule has 40 heavy (non-hydrogen) atoms. The van der Waals surface area contributed by atoms with Crippen LogP contribution in [0.4, 0.5) is 10.2 Å². The topological polar surface area (TPSA) is 127 Å². The highest BCUT2D eigenvalue weighted by Crippen LogP contribution is 2.31. The monoisotopic (exact) mass is 539 g/mol. The second-order valence-electron chi connectivity index (χ2n) is 9.41. The van der Waals surface area contributed by atoms with E-state index < -0.39 is 5.82 Å². The van der Waals surface area contributed by atoms with Gasteiger partial charge in [-0.3, -0.25) is 0 Å². The zero-order valence-corrected chi connectivity index (χ0v) is 21.7. The van der Waals surface area contributed by atoms with E-state index in [2.05, 4.69) is 36.9 Å². The summed E-state index contributed by atoms with van der Waals surface area (Å²) in [5.41, 5.74) is 3.69. The van der Waals surface area contributed by atoms with E-state index in [1.807, 2.05) is 31.2 Å². The van der Waals surface area contributed by atoms with E-state index >= 15 is 0 Å². The Morgan fingerprint density at radius 2 is 2.10 bits per heavy atom. The van der Waals surface area contributed by atoms with Gasteiger partial charge in [0.2, 0.25) is 0 Å². The number of hydrogen-bond donors (Lipinski definition) is 2. The molecule has 5 aromatic rings. The molecule has 0 amide bonds. The minimum atomic E-state index is -0.418. The molecule has 0 saturated carbocycles. The summed E-state index contributed by atoms with van der Waals surface area (Å²) < 4.78 is 28.1. The van der Waals surface area contributed by atoms with Crippen LogP contribution in [0.15, 0.2) is 67.5 Å². The molecule has 0 aliphatic carbocycles. The zero-order valence-electron chi connectivity index (χ0n) is 21.7. The minimum absolute atomic E-state index is 0.0332. The highest BCUT2D eigenvalue weighted by Gasteiger charge is 2.17. The van der Waals surface area contributed by atoms with Gasteiger partial charge in [0.1, 0.15) is 30.3 Å². The number of pyridine rings is 3. The van der Waals surface area contributed by atoms with Crippen molar-refractivity contribution in [1.82, 2.24) is 34.7 Å². The largest absolute Gasteiger partial charge is 0.489 e. The third-order valence-electron chi connectivity index (χ3n) is 6.64. The van der Waals surface area contributed by atoms with E-state index in [0.717, 1.165) is 36.0 Å². The van der Waals surface area contributed by atoms with Crippen LogP contribution in [0.2, 0.25) is 0 Å². The molecule has 0 radical (unpaired) electrons. The lowest BCUT2D eigenvalue weighted by Crippen LogP contribution is -2.41. The first-order valence-electron chi connectivity index (χ1n) is 12.8. The Hall–Kier alpha value is -4.86. The highest BCUT2D eigenvalue weighted by molar-refractivity contribution is 5.85. The van der Waals surface area contributed by atoms with Crippen molar-refractivity contribution in [2.45, 2.75) is 19.1 Å². The number of nitriles is 1. The average Bonchev–Trinajstić information content (AvgIpc) is 3.62. The van der Waals surface area contributed by atoms with Crippen LogP contribution >= 0.6 is 0 Å². The van der Waals surface area contributed by atoms with Crippen molar-refractivity contribution in [2.24, 2.45) is 0 Å². The minimum Gasteiger partial charge on any atom is -0.489 e. The third-order valence-corrected chi connectivity index (χ3v) is 6.64. The number of aromatic nitrogens is 6. The van der Waals surface area contributed by atoms with Crippen LogP contribution in [0.25, 0.3) is 22.5 Å². The summed E-state index contributed by atoms with van der Waals surface area (Å²) in [5.74, 6) is 1.40. The van der Waals surface area contributed by atoms with Crippen molar-refractivity contribution in [3.8, 4) is 28.8 Å². The van der Waals surface area contributed by atoms with Crippen molar-refractivity contribution in [3.63, 3.8) is 0 Å². The van der Waals surface area contributed by atoms with Crippen LogP contribution < -0.4 is 15.4 Å². The van der Waals surface area contributed by atoms with Crippen LogP contribution in [0.1, 0.15) is 24.1 Å². The smallest absolute Gasteiger partial charge is 0.161 e. The van der Waals surface area contributed by atoms with Crippen LogP contribution in [-0.2, 0) is 4.74 Å². The maximum absolute atomic E-state index is 13.3. The second kappa shape index (κ2) is 11.1. The number of ether oxygens (including phenoxy) is 2. The van der Waals surface area contributed by atoms with Gasteiger partial charge in [-0.1, -0.05) is 6.07 Å². The average molecular weight is 540 g/mol. The van der Waals surface area contributed by atoms with E-state index in [4.69, 9.17) is 9.47 Å². The summed E-state index contributed by atoms with van der Waals surface area (Å²) in [5, 5.41) is 24.6. The first-order valence-corrected chi connectivity index (χ1v) is 12.8. The number of hydrogen-bond acceptors (Lipinski definition) is 9. The molecule has 0 aromatic carbocycles. The zero-order chi connectivity index (χ0) is 27.5. The summed E-state index contributed by atoms with van der Waals surface area (Å²) in [7, 11) is 0. The van der Waals surface area contributed by atoms with Crippen molar-refractivity contribution < 1.29 is 13.9 Å². The fraction of sp³-hybridized carbons (Fsp3) is 0.250. The van der Waals surface area contributed by atoms with Gasteiger partial charge >= 0.3 is 0 Å². The quantitative estimate of drug-likeness (QED) is 0.304. The first-order chi connectivity index (χ1) is 19.6. The number of halogens is 1. The van der Waals surface area contributed by atoms with Crippen molar-refractivity contribution in [2.75, 3.05) is 31.6 Å². The van der Waals surface area contributed by atoms with Crippen LogP contribution in [-0.4, -0.2) is 61.8 Å². The van der Waals surface area contributed by atoms with Gasteiger partial charge in [0, 0.05) is 36.6 Å². The highest BCUT2D eigenvalue weighted by atomic mass is 19.1. The molecule has 1 aliphatic rings. The van der Waals surface area contributed by atoms with Gasteiger partial charge in [-0.05, 0) is 36.8 Å². The van der Waals surface area contributed by atoms with Gasteiger partial charge in [-0.2, -0.15) is 15.5 Å². The molecule has 1 saturated heterocycles. The second-order valence-corrected chi connectivity index (χ2v) is 9.41. The molecule has 202 valence electrons. The van der Waals surface area contributed by atoms with Gasteiger partial charge < -0.3 is 20.1 Å². The Kier molecular flexibility index (Phi) is 7.05. The normalized spacial score (nSPS) is 16.0. The van der Waals surface area contributed by atoms with Gasteiger partial charge in [-0.25, -0.2) is 23.6 Å². The van der Waals surface area contributed by atoms with E-state index in [0.29, 0.717) is 41.7 Å². The number of nitrogens with zero attached hydrogens (tertiary/aromatic N) is 7. The maximum atomic E-state index is 13.3. The van der Waals surface area contributed by atoms with Gasteiger partial charge in [0.25, 0.3) is 0 Å². The first kappa shape index (κ1) is 25.4. The van der Waals surface area contributed by atoms with Crippen LogP contribution in [0.5, 0.6) is 5.75 Å². The molecular weight excluding hydrogens is 513 g/mol. The molecule has 0 bridgehead atoms. The summed E-state index contributed by atoms with van der Waals surface area (Å²) in [6.45, 7) is 4.63. The van der Waals surface area contributed by atoms with Gasteiger partial charge in [-0.15, -0.1) is 0 Å². The number of nitrogens with one attached hydrogen (secondary N) is 2. The molecule has 5 aromatic heterocycles. The van der Waals surface area contributed by atoms with Crippen molar-refractivity contribution in [1.29, 1.82) is 5.26 Å². The van der Waals surface area contributed by atoms with Gasteiger partial charge in [0.15, 0.2) is 11.6 Å². The molecule has 2 N–H and O–H groups in total. The Balaban J connectivity index is 1.20. The molecule has 1 fully saturated rings. The van der Waals surface area contributed by atoms with Crippen LogP contribution in [0.3, 0.4) is 0 Å². The van der Waals surface area contributed by atoms with E-state index in [1.165, 1.54) is 10.9 Å². The predicted octanol–water partition coefficient (Wildman–Crippen LogP) is 3.53. The summed E-state index contributed by atoms with van der Waals surface area (Å²) in [4.78, 5) is 9.00. The molecule has 1 aliphatic heterocycles. The fourth-order valence-corrected chi connectivity index (χ4v) is 4.55. The summed E-state index contributed by atoms with van der Waals surface area (Å²) in [6.07, 6.45) is 9.17. The standard InChI is InChI=1S/C28H26FN9O2/c1-18(19-3-5-27(33-10-19)37-15-22(29)13-35-37)36-26-4-2-20(11-32-26)25-8-23(40-17-24-14-31-6-7-39-24)16-38-28(25)21(9-30)12-34-38/h2-5,8,10-13,15-16,18,24,31H,6-7,14,17H2,1H3,(H,32,36). The number of rotatable bonds is 8. The van der Waals surface area contributed by atoms with E-state index in [-0.39, 0.29) is 12.1 Å². The van der Waals surface area contributed by atoms with E-state index in [1.54, 1.807) is 35.4 Å². The lowest BCUT2D eigenvalue weighted by molar-refractivity contribution is 0.000108. The molecule has 0 spiro atoms. The summed E-state index contributed by atoms with van der Waals surface area (Å²) >= 11 is 0. The molecule has 11 nitrogen and oxygen atoms in total. The van der Waals surface area contributed by atoms with Crippen LogP contribution in [0, 0.1) is 17.1 Å². The predicted molar refractivity (Wildman–Crippen MR) is 145 cm³/mol. The van der Waals surface area contributed by atoms with Crippen molar-refractivity contribution >= 4 is 11.3 Å². The molecule has 6 rings (SSSR count). The Morgan fingerprint density at radius 3 is 2.80 bits per heavy atom. The lowest BCUT2D eigenvalue weighted by atomic mass is 10.1. The number of fused-ring (bicyclic) bond motifs is 1. The van der Waals surface area contributed by atoms with Crippen molar-refractivity contribution in [3.05, 3.63) is 84.5 Å². The Labute approximate surface area is 229 Å². The Bertz CT molecular complexity index is 1650. The molecule has 6 heterocycles. The molecular formula is C28H26FN9O2. The Morgan fingerprint density at radius 1 is 1.18 bits per heavy atom. The van der Waals surface area contributed by atoms with E-state index in [9.17, 15) is 9.65 Å². The third kappa shape index (κ3) is 5.33. The lowest BCUT2D eigenvalue weighted by Gasteiger charge is -2.23. The number of anilines is 1. The molecule has 2 atom stereocenters. The molecule has 2 unspecified atom stereocenters. The molecule has 12 heteroatoms. The van der Waals surface area contributed by atoms with Gasteiger partial charge in [0.05, 0.1) is 48.5 Å². The SMILES string of the molecule is CC(Nc1ccc(-c2cc(OCC3CNCCO3)cn3ncc(C#N)c23)cn1)c1ccc(-n2cc(F)cn2)nc1. The maximum Gasteiger partial charge on any atom is 0.161 e. The fourth-order valence-electron chi connectivity index (χ4n) is 4.55. The number of morpholine rings is 1.